The Balaban J connectivity index is 2.00. The van der Waals surface area contributed by atoms with Gasteiger partial charge < -0.3 is 16.2 Å². The largest absolute Gasteiger partial charge is 0.449 e. The molecule has 58 valence electrons. The summed E-state index contributed by atoms with van der Waals surface area (Å²) in [5.41, 5.74) is 10.3. The molecule has 0 unspecified atom stereocenters. The van der Waals surface area contributed by atoms with Crippen LogP contribution in [0.25, 0.3) is 0 Å². The fraction of sp³-hybridized carbons (Fsp3) is 0.833. The molecule has 4 nitrogen and oxygen atoms in total. The van der Waals surface area contributed by atoms with Gasteiger partial charge in [0.05, 0.1) is 6.61 Å². The van der Waals surface area contributed by atoms with Crippen molar-refractivity contribution < 1.29 is 9.53 Å². The smallest absolute Gasteiger partial charge is 0.404 e. The van der Waals surface area contributed by atoms with Gasteiger partial charge in [-0.3, -0.25) is 0 Å². The summed E-state index contributed by atoms with van der Waals surface area (Å²) in [5, 5.41) is 0. The van der Waals surface area contributed by atoms with Crippen LogP contribution in [0.5, 0.6) is 0 Å². The number of hydrogen-bond acceptors (Lipinski definition) is 3. The van der Waals surface area contributed by atoms with Crippen LogP contribution < -0.4 is 11.5 Å². The Kier molecular flexibility index (Phi) is 2.11. The van der Waals surface area contributed by atoms with Crippen molar-refractivity contribution in [2.75, 3.05) is 6.61 Å². The summed E-state index contributed by atoms with van der Waals surface area (Å²) in [6.07, 6.45) is 1.21. The highest BCUT2D eigenvalue weighted by Gasteiger charge is 2.26. The zero-order valence-corrected chi connectivity index (χ0v) is 5.75. The number of amides is 1. The third-order valence-electron chi connectivity index (χ3n) is 1.73. The van der Waals surface area contributed by atoms with E-state index in [-0.39, 0.29) is 0 Å². The second-order valence-electron chi connectivity index (χ2n) is 2.73. The molecule has 0 aromatic heterocycles. The van der Waals surface area contributed by atoms with Crippen molar-refractivity contribution in [1.29, 1.82) is 0 Å². The maximum atomic E-state index is 10.1. The average molecular weight is 144 g/mol. The summed E-state index contributed by atoms with van der Waals surface area (Å²) < 4.78 is 4.58. The summed E-state index contributed by atoms with van der Waals surface area (Å²) in [5.74, 6) is 0.447. The monoisotopic (exact) mass is 144 g/mol. The van der Waals surface area contributed by atoms with Crippen LogP contribution in [-0.2, 0) is 4.74 Å². The van der Waals surface area contributed by atoms with Crippen molar-refractivity contribution in [2.45, 2.75) is 18.9 Å². The highest BCUT2D eigenvalue weighted by Crippen LogP contribution is 2.25. The first-order valence-electron chi connectivity index (χ1n) is 3.36. The predicted octanol–water partition coefficient (Wildman–Crippen LogP) is -0.181. The molecular weight excluding hydrogens is 132 g/mol. The first-order valence-corrected chi connectivity index (χ1v) is 3.36. The summed E-state index contributed by atoms with van der Waals surface area (Å²) >= 11 is 0. The number of carbonyl (C=O) groups excluding carboxylic acids is 1. The fourth-order valence-electron chi connectivity index (χ4n) is 1.12. The lowest BCUT2D eigenvalue weighted by molar-refractivity contribution is 0.102. The van der Waals surface area contributed by atoms with Gasteiger partial charge in [0, 0.05) is 6.04 Å². The summed E-state index contributed by atoms with van der Waals surface area (Å²) in [7, 11) is 0. The van der Waals surface area contributed by atoms with Gasteiger partial charge in [-0.05, 0) is 18.8 Å². The molecule has 0 saturated heterocycles. The molecule has 1 fully saturated rings. The van der Waals surface area contributed by atoms with Crippen LogP contribution in [0.4, 0.5) is 4.79 Å². The van der Waals surface area contributed by atoms with Crippen molar-refractivity contribution in [3.05, 3.63) is 0 Å². The zero-order chi connectivity index (χ0) is 7.56. The lowest BCUT2D eigenvalue weighted by Crippen LogP contribution is -2.39. The zero-order valence-electron chi connectivity index (χ0n) is 5.75. The third-order valence-corrected chi connectivity index (χ3v) is 1.73. The topological polar surface area (TPSA) is 78.3 Å². The van der Waals surface area contributed by atoms with E-state index in [1.54, 1.807) is 0 Å². The SMILES string of the molecule is NC(=O)OC[C@H]1C[C@H](N)C1. The molecule has 0 atom stereocenters. The van der Waals surface area contributed by atoms with Gasteiger partial charge in [0.25, 0.3) is 0 Å². The van der Waals surface area contributed by atoms with Crippen molar-refractivity contribution in [3.8, 4) is 0 Å². The lowest BCUT2D eigenvalue weighted by Gasteiger charge is -2.31. The Morgan fingerprint density at radius 3 is 2.60 bits per heavy atom. The van der Waals surface area contributed by atoms with E-state index >= 15 is 0 Å². The van der Waals surface area contributed by atoms with Crippen LogP contribution >= 0.6 is 0 Å². The molecule has 1 amide bonds. The van der Waals surface area contributed by atoms with E-state index < -0.39 is 6.09 Å². The van der Waals surface area contributed by atoms with Crippen LogP contribution in [0.1, 0.15) is 12.8 Å². The molecule has 0 aliphatic heterocycles. The van der Waals surface area contributed by atoms with Gasteiger partial charge in [-0.1, -0.05) is 0 Å². The summed E-state index contributed by atoms with van der Waals surface area (Å²) in [6, 6.07) is 0.307. The van der Waals surface area contributed by atoms with Crippen LogP contribution in [-0.4, -0.2) is 18.7 Å². The van der Waals surface area contributed by atoms with Crippen LogP contribution in [0.15, 0.2) is 0 Å². The van der Waals surface area contributed by atoms with Crippen molar-refractivity contribution in [3.63, 3.8) is 0 Å². The number of primary amides is 1. The Labute approximate surface area is 59.5 Å². The second kappa shape index (κ2) is 2.88. The molecule has 1 rings (SSSR count). The van der Waals surface area contributed by atoms with E-state index in [0.717, 1.165) is 12.8 Å². The molecule has 0 bridgehead atoms. The standard InChI is InChI=1S/C6H12N2O2/c7-5-1-4(2-5)3-10-6(8)9/h4-5H,1-3,7H2,(H2,8,9)/t4-,5-. The van der Waals surface area contributed by atoms with Crippen LogP contribution in [0, 0.1) is 5.92 Å². The van der Waals surface area contributed by atoms with Gasteiger partial charge >= 0.3 is 6.09 Å². The molecule has 4 N–H and O–H groups in total. The van der Waals surface area contributed by atoms with Gasteiger partial charge in [-0.2, -0.15) is 0 Å². The first-order chi connectivity index (χ1) is 4.68. The minimum atomic E-state index is -0.694. The fourth-order valence-corrected chi connectivity index (χ4v) is 1.12. The molecule has 0 radical (unpaired) electrons. The van der Waals surface area contributed by atoms with E-state index in [2.05, 4.69) is 4.74 Å². The number of nitrogens with two attached hydrogens (primary N) is 2. The van der Waals surface area contributed by atoms with E-state index in [4.69, 9.17) is 11.5 Å². The number of carbonyl (C=O) groups is 1. The van der Waals surface area contributed by atoms with Crippen LogP contribution in [0.2, 0.25) is 0 Å². The molecule has 1 aliphatic carbocycles. The quantitative estimate of drug-likeness (QED) is 0.564. The van der Waals surface area contributed by atoms with Gasteiger partial charge in [-0.25, -0.2) is 4.79 Å². The van der Waals surface area contributed by atoms with Crippen molar-refractivity contribution in [1.82, 2.24) is 0 Å². The summed E-state index contributed by atoms with van der Waals surface area (Å²) in [6.45, 7) is 0.434. The number of ether oxygens (including phenoxy) is 1. The summed E-state index contributed by atoms with van der Waals surface area (Å²) in [4.78, 5) is 10.1. The van der Waals surface area contributed by atoms with E-state index in [1.165, 1.54) is 0 Å². The Bertz CT molecular complexity index is 132. The maximum absolute atomic E-state index is 10.1. The van der Waals surface area contributed by atoms with Gasteiger partial charge in [0.1, 0.15) is 0 Å². The molecule has 0 aromatic carbocycles. The van der Waals surface area contributed by atoms with E-state index in [1.807, 2.05) is 0 Å². The molecular formula is C6H12N2O2. The predicted molar refractivity (Wildman–Crippen MR) is 36.2 cm³/mol. The minimum absolute atomic E-state index is 0.307. The second-order valence-corrected chi connectivity index (χ2v) is 2.73. The van der Waals surface area contributed by atoms with Gasteiger partial charge in [0.2, 0.25) is 0 Å². The first kappa shape index (κ1) is 7.34. The van der Waals surface area contributed by atoms with E-state index in [0.29, 0.717) is 18.6 Å². The number of hydrogen-bond donors (Lipinski definition) is 2. The maximum Gasteiger partial charge on any atom is 0.404 e. The third kappa shape index (κ3) is 1.88. The molecule has 1 saturated carbocycles. The van der Waals surface area contributed by atoms with Crippen molar-refractivity contribution in [2.24, 2.45) is 17.4 Å². The van der Waals surface area contributed by atoms with Crippen LogP contribution in [0.3, 0.4) is 0 Å². The Morgan fingerprint density at radius 2 is 2.20 bits per heavy atom. The molecule has 0 spiro atoms. The lowest BCUT2D eigenvalue weighted by atomic mass is 9.82. The molecule has 0 aromatic rings. The Hall–Kier alpha value is -0.770. The normalized spacial score (nSPS) is 30.9. The highest BCUT2D eigenvalue weighted by atomic mass is 16.5. The number of rotatable bonds is 2. The Morgan fingerprint density at radius 1 is 1.60 bits per heavy atom. The van der Waals surface area contributed by atoms with Gasteiger partial charge in [0.15, 0.2) is 0 Å². The molecule has 1 aliphatic rings. The molecule has 0 heterocycles. The highest BCUT2D eigenvalue weighted by molar-refractivity contribution is 5.64. The van der Waals surface area contributed by atoms with E-state index in [9.17, 15) is 4.79 Å². The van der Waals surface area contributed by atoms with Gasteiger partial charge in [-0.15, -0.1) is 0 Å². The molecule has 10 heavy (non-hydrogen) atoms. The van der Waals surface area contributed by atoms with Crippen molar-refractivity contribution >= 4 is 6.09 Å². The minimum Gasteiger partial charge on any atom is -0.449 e. The average Bonchev–Trinajstić information content (AvgIpc) is 1.77. The molecule has 4 heteroatoms.